The molecule has 1 amide bonds. The van der Waals surface area contributed by atoms with Crippen LogP contribution in [0.2, 0.25) is 0 Å². The van der Waals surface area contributed by atoms with Crippen LogP contribution >= 0.6 is 0 Å². The summed E-state index contributed by atoms with van der Waals surface area (Å²) in [4.78, 5) is 34.8. The van der Waals surface area contributed by atoms with Gasteiger partial charge in [-0.1, -0.05) is 60.7 Å². The lowest BCUT2D eigenvalue weighted by molar-refractivity contribution is -0.145. The van der Waals surface area contributed by atoms with Crippen LogP contribution in [0.25, 0.3) is 0 Å². The van der Waals surface area contributed by atoms with Crippen molar-refractivity contribution >= 4 is 18.0 Å². The van der Waals surface area contributed by atoms with Gasteiger partial charge in [0.1, 0.15) is 13.2 Å². The Morgan fingerprint density at radius 3 is 2.03 bits per heavy atom. The average Bonchev–Trinajstić information content (AvgIpc) is 2.79. The van der Waals surface area contributed by atoms with Crippen LogP contribution in [0, 0.1) is 0 Å². The van der Waals surface area contributed by atoms with E-state index in [-0.39, 0.29) is 32.0 Å². The highest BCUT2D eigenvalue weighted by Gasteiger charge is 2.16. The van der Waals surface area contributed by atoms with E-state index in [0.717, 1.165) is 11.1 Å². The number of amides is 1. The van der Waals surface area contributed by atoms with Gasteiger partial charge in [-0.3, -0.25) is 9.59 Å². The third kappa shape index (κ3) is 11.1. The first-order valence-electron chi connectivity index (χ1n) is 10.6. The molecule has 8 heteroatoms. The van der Waals surface area contributed by atoms with E-state index in [1.807, 2.05) is 60.7 Å². The largest absolute Gasteiger partial charge is 0.481 e. The molecule has 0 aliphatic heterocycles. The zero-order valence-electron chi connectivity index (χ0n) is 18.0. The maximum Gasteiger partial charge on any atom is 0.407 e. The molecular weight excluding hydrogens is 412 g/mol. The maximum absolute atomic E-state index is 12.0. The number of hydrogen-bond donors (Lipinski definition) is 3. The second-order valence-corrected chi connectivity index (χ2v) is 7.29. The van der Waals surface area contributed by atoms with Crippen LogP contribution in [0.4, 0.5) is 4.79 Å². The summed E-state index contributed by atoms with van der Waals surface area (Å²) in [6.45, 7) is 1.42. The normalized spacial score (nSPS) is 11.4. The van der Waals surface area contributed by atoms with E-state index in [1.165, 1.54) is 0 Å². The molecule has 0 spiro atoms. The molecule has 0 saturated heterocycles. The predicted octanol–water partition coefficient (Wildman–Crippen LogP) is 3.26. The van der Waals surface area contributed by atoms with Gasteiger partial charge in [0, 0.05) is 12.6 Å². The van der Waals surface area contributed by atoms with Crippen LogP contribution in [0.3, 0.4) is 0 Å². The quantitative estimate of drug-likeness (QED) is 0.304. The molecule has 0 aromatic heterocycles. The van der Waals surface area contributed by atoms with E-state index < -0.39 is 18.1 Å². The number of carbonyl (C=O) groups excluding carboxylic acids is 2. The number of carboxylic acids is 1. The van der Waals surface area contributed by atoms with E-state index in [1.54, 1.807) is 0 Å². The molecule has 0 unspecified atom stereocenters. The van der Waals surface area contributed by atoms with Crippen molar-refractivity contribution in [2.24, 2.45) is 0 Å². The maximum atomic E-state index is 12.0. The Hall–Kier alpha value is -3.39. The number of hydrogen-bond acceptors (Lipinski definition) is 6. The summed E-state index contributed by atoms with van der Waals surface area (Å²) in [6, 6.07) is 18.2. The van der Waals surface area contributed by atoms with Crippen molar-refractivity contribution in [1.82, 2.24) is 10.6 Å². The van der Waals surface area contributed by atoms with Gasteiger partial charge in [-0.15, -0.1) is 0 Å². The molecule has 0 fully saturated rings. The molecule has 2 rings (SSSR count). The summed E-state index contributed by atoms with van der Waals surface area (Å²) < 4.78 is 10.4. The minimum atomic E-state index is -0.993. The SMILES string of the molecule is O=C(O)C[C@H](CCCNCCC(=O)OCc1ccccc1)NC(=O)OCc1ccccc1. The van der Waals surface area contributed by atoms with Gasteiger partial charge in [-0.05, 0) is 30.5 Å². The van der Waals surface area contributed by atoms with Crippen molar-refractivity contribution in [3.05, 3.63) is 71.8 Å². The molecule has 172 valence electrons. The summed E-state index contributed by atoms with van der Waals surface area (Å²) in [6.07, 6.45) is 0.518. The summed E-state index contributed by atoms with van der Waals surface area (Å²) >= 11 is 0. The molecule has 2 aromatic rings. The summed E-state index contributed by atoms with van der Waals surface area (Å²) in [5.41, 5.74) is 1.79. The van der Waals surface area contributed by atoms with Crippen molar-refractivity contribution in [2.75, 3.05) is 13.1 Å². The Morgan fingerprint density at radius 2 is 1.44 bits per heavy atom. The smallest absolute Gasteiger partial charge is 0.407 e. The lowest BCUT2D eigenvalue weighted by atomic mass is 10.1. The molecule has 8 nitrogen and oxygen atoms in total. The number of nitrogens with one attached hydrogen (secondary N) is 2. The number of carbonyl (C=O) groups is 3. The molecule has 0 saturated carbocycles. The Balaban J connectivity index is 1.58. The third-order valence-electron chi connectivity index (χ3n) is 4.61. The lowest BCUT2D eigenvalue weighted by Gasteiger charge is -2.17. The second kappa shape index (κ2) is 14.6. The number of aliphatic carboxylic acids is 1. The van der Waals surface area contributed by atoms with Gasteiger partial charge >= 0.3 is 18.0 Å². The highest BCUT2D eigenvalue weighted by Crippen LogP contribution is 2.05. The van der Waals surface area contributed by atoms with Gasteiger partial charge in [0.05, 0.1) is 12.8 Å². The van der Waals surface area contributed by atoms with Crippen molar-refractivity contribution in [2.45, 2.75) is 44.9 Å². The fraction of sp³-hybridized carbons (Fsp3) is 0.375. The molecule has 0 aliphatic carbocycles. The molecule has 0 heterocycles. The van der Waals surface area contributed by atoms with Gasteiger partial charge < -0.3 is 25.2 Å². The van der Waals surface area contributed by atoms with Crippen molar-refractivity contribution < 1.29 is 29.0 Å². The Kier molecular flexibility index (Phi) is 11.3. The van der Waals surface area contributed by atoms with Gasteiger partial charge in [0.15, 0.2) is 0 Å². The summed E-state index contributed by atoms with van der Waals surface area (Å²) in [5, 5.41) is 14.8. The van der Waals surface area contributed by atoms with E-state index >= 15 is 0 Å². The number of rotatable bonds is 14. The van der Waals surface area contributed by atoms with Gasteiger partial charge in [-0.25, -0.2) is 4.79 Å². The fourth-order valence-electron chi connectivity index (χ4n) is 2.97. The number of ether oxygens (including phenoxy) is 2. The molecular formula is C24H30N2O6. The van der Waals surface area contributed by atoms with Crippen LogP contribution < -0.4 is 10.6 Å². The molecule has 0 radical (unpaired) electrons. The Labute approximate surface area is 187 Å². The lowest BCUT2D eigenvalue weighted by Crippen LogP contribution is -2.37. The molecule has 2 aromatic carbocycles. The zero-order chi connectivity index (χ0) is 23.0. The standard InChI is InChI=1S/C24H30N2O6/c27-22(28)16-21(26-24(30)32-18-20-10-5-2-6-11-20)12-7-14-25-15-13-23(29)31-17-19-8-3-1-4-9-19/h1-6,8-11,21,25H,7,12-18H2,(H,26,30)(H,27,28)/t21-/m0/s1. The van der Waals surface area contributed by atoms with Crippen molar-refractivity contribution in [3.63, 3.8) is 0 Å². The molecule has 32 heavy (non-hydrogen) atoms. The highest BCUT2D eigenvalue weighted by molar-refractivity contribution is 5.71. The first-order chi connectivity index (χ1) is 15.5. The highest BCUT2D eigenvalue weighted by atomic mass is 16.5. The number of benzene rings is 2. The van der Waals surface area contributed by atoms with Crippen LogP contribution in [0.15, 0.2) is 60.7 Å². The molecule has 3 N–H and O–H groups in total. The molecule has 0 aliphatic rings. The average molecular weight is 443 g/mol. The molecule has 1 atom stereocenters. The van der Waals surface area contributed by atoms with Gasteiger partial charge in [-0.2, -0.15) is 0 Å². The number of carboxylic acid groups (broad SMARTS) is 1. The first-order valence-corrected chi connectivity index (χ1v) is 10.6. The number of alkyl carbamates (subject to hydrolysis) is 1. The summed E-state index contributed by atoms with van der Waals surface area (Å²) in [7, 11) is 0. The zero-order valence-corrected chi connectivity index (χ0v) is 18.0. The van der Waals surface area contributed by atoms with E-state index in [4.69, 9.17) is 14.6 Å². The van der Waals surface area contributed by atoms with E-state index in [9.17, 15) is 14.4 Å². The van der Waals surface area contributed by atoms with Crippen LogP contribution in [-0.2, 0) is 32.3 Å². The van der Waals surface area contributed by atoms with Gasteiger partial charge in [0.25, 0.3) is 0 Å². The fourth-order valence-corrected chi connectivity index (χ4v) is 2.97. The first kappa shape index (κ1) is 24.9. The molecule has 0 bridgehead atoms. The monoisotopic (exact) mass is 442 g/mol. The second-order valence-electron chi connectivity index (χ2n) is 7.29. The van der Waals surface area contributed by atoms with Crippen LogP contribution in [0.5, 0.6) is 0 Å². The minimum absolute atomic E-state index is 0.119. The topological polar surface area (TPSA) is 114 Å². The summed E-state index contributed by atoms with van der Waals surface area (Å²) in [5.74, 6) is -1.28. The number of esters is 1. The van der Waals surface area contributed by atoms with Crippen molar-refractivity contribution in [1.29, 1.82) is 0 Å². The van der Waals surface area contributed by atoms with E-state index in [0.29, 0.717) is 25.9 Å². The predicted molar refractivity (Wildman–Crippen MR) is 119 cm³/mol. The third-order valence-corrected chi connectivity index (χ3v) is 4.61. The van der Waals surface area contributed by atoms with Gasteiger partial charge in [0.2, 0.25) is 0 Å². The minimum Gasteiger partial charge on any atom is -0.481 e. The van der Waals surface area contributed by atoms with Crippen LogP contribution in [-0.4, -0.2) is 42.3 Å². The van der Waals surface area contributed by atoms with Crippen LogP contribution in [0.1, 0.15) is 36.8 Å². The Bertz CT molecular complexity index is 829. The van der Waals surface area contributed by atoms with E-state index in [2.05, 4.69) is 10.6 Å². The Morgan fingerprint density at radius 1 is 0.844 bits per heavy atom. The van der Waals surface area contributed by atoms with Crippen molar-refractivity contribution in [3.8, 4) is 0 Å².